The van der Waals surface area contributed by atoms with Crippen molar-refractivity contribution in [3.05, 3.63) is 35.9 Å². The summed E-state index contributed by atoms with van der Waals surface area (Å²) >= 11 is 0. The molecule has 3 N–H and O–H groups in total. The summed E-state index contributed by atoms with van der Waals surface area (Å²) in [7, 11) is 0. The van der Waals surface area contributed by atoms with Crippen LogP contribution in [0.25, 0.3) is 0 Å². The Labute approximate surface area is 155 Å². The summed E-state index contributed by atoms with van der Waals surface area (Å²) in [6.45, 7) is 4.29. The Balaban J connectivity index is 1.90. The van der Waals surface area contributed by atoms with Crippen molar-refractivity contribution in [3.63, 3.8) is 0 Å². The second kappa shape index (κ2) is 10.2. The number of aliphatic hydroxyl groups excluding tert-OH is 1. The van der Waals surface area contributed by atoms with Gasteiger partial charge in [-0.15, -0.1) is 0 Å². The Bertz CT molecular complexity index is 574. The summed E-state index contributed by atoms with van der Waals surface area (Å²) in [4.78, 5) is 24.3. The van der Waals surface area contributed by atoms with E-state index in [1.165, 1.54) is 0 Å². The number of amides is 2. The molecule has 1 aliphatic carbocycles. The minimum Gasteiger partial charge on any atom is -0.445 e. The van der Waals surface area contributed by atoms with Crippen LogP contribution in [-0.2, 0) is 16.1 Å². The third kappa shape index (κ3) is 7.04. The summed E-state index contributed by atoms with van der Waals surface area (Å²) < 4.78 is 5.23. The number of carbonyl (C=O) groups is 2. The van der Waals surface area contributed by atoms with Gasteiger partial charge in [-0.3, -0.25) is 4.79 Å². The quantitative estimate of drug-likeness (QED) is 0.597. The zero-order chi connectivity index (χ0) is 18.9. The Hall–Kier alpha value is -2.08. The topological polar surface area (TPSA) is 87.7 Å². The average molecular weight is 362 g/mol. The van der Waals surface area contributed by atoms with Crippen LogP contribution in [0.3, 0.4) is 0 Å². The Morgan fingerprint density at radius 3 is 2.58 bits per heavy atom. The molecule has 1 aliphatic rings. The van der Waals surface area contributed by atoms with Gasteiger partial charge in [-0.05, 0) is 30.7 Å². The van der Waals surface area contributed by atoms with Gasteiger partial charge in [0, 0.05) is 6.04 Å². The number of ether oxygens (including phenoxy) is 1. The zero-order valence-corrected chi connectivity index (χ0v) is 15.6. The Morgan fingerprint density at radius 2 is 1.96 bits per heavy atom. The molecule has 6 heteroatoms. The van der Waals surface area contributed by atoms with Gasteiger partial charge < -0.3 is 20.5 Å². The van der Waals surface area contributed by atoms with E-state index < -0.39 is 24.1 Å². The van der Waals surface area contributed by atoms with E-state index in [1.54, 1.807) is 0 Å². The summed E-state index contributed by atoms with van der Waals surface area (Å²) in [5.41, 5.74) is 0.880. The predicted octanol–water partition coefficient (Wildman–Crippen LogP) is 2.75. The van der Waals surface area contributed by atoms with Crippen molar-refractivity contribution in [1.29, 1.82) is 0 Å². The van der Waals surface area contributed by atoms with Crippen molar-refractivity contribution >= 4 is 12.0 Å². The van der Waals surface area contributed by atoms with Gasteiger partial charge in [0.1, 0.15) is 6.61 Å². The van der Waals surface area contributed by atoms with Crippen molar-refractivity contribution in [2.45, 2.75) is 70.7 Å². The smallest absolute Gasteiger partial charge is 0.407 e. The molecule has 0 aromatic heterocycles. The summed E-state index contributed by atoms with van der Waals surface area (Å²) in [6.07, 6.45) is 2.49. The molecule has 6 nitrogen and oxygen atoms in total. The monoisotopic (exact) mass is 362 g/mol. The van der Waals surface area contributed by atoms with E-state index >= 15 is 0 Å². The second-order valence-electron chi connectivity index (χ2n) is 7.17. The van der Waals surface area contributed by atoms with Crippen LogP contribution in [0.4, 0.5) is 4.79 Å². The lowest BCUT2D eigenvalue weighted by molar-refractivity contribution is -0.131. The molecule has 0 heterocycles. The molecular formula is C20H30N2O4. The molecule has 0 saturated heterocycles. The highest BCUT2D eigenvalue weighted by Gasteiger charge is 2.32. The molecular weight excluding hydrogens is 332 g/mol. The molecule has 3 unspecified atom stereocenters. The van der Waals surface area contributed by atoms with Gasteiger partial charge in [-0.25, -0.2) is 4.79 Å². The molecule has 1 saturated carbocycles. The van der Waals surface area contributed by atoms with Crippen LogP contribution in [0.1, 0.15) is 51.5 Å². The fourth-order valence-corrected chi connectivity index (χ4v) is 2.92. The molecule has 0 spiro atoms. The standard InChI is InChI=1S/C20H30N2O4/c1-3-7-14(2)12-17(18(23)19(24)21-16-10-11-16)22-20(25)26-13-15-8-5-4-6-9-15/h4-6,8-9,14,16-18,23H,3,7,10-13H2,1-2H3,(H,21,24)(H,22,25). The lowest BCUT2D eigenvalue weighted by Gasteiger charge is -2.26. The number of nitrogens with one attached hydrogen (secondary N) is 2. The molecule has 0 bridgehead atoms. The molecule has 1 aromatic rings. The Kier molecular flexibility index (Phi) is 7.91. The van der Waals surface area contributed by atoms with E-state index in [9.17, 15) is 14.7 Å². The predicted molar refractivity (Wildman–Crippen MR) is 99.4 cm³/mol. The number of hydrogen-bond acceptors (Lipinski definition) is 4. The van der Waals surface area contributed by atoms with Crippen molar-refractivity contribution in [3.8, 4) is 0 Å². The van der Waals surface area contributed by atoms with Gasteiger partial charge >= 0.3 is 6.09 Å². The van der Waals surface area contributed by atoms with Crippen LogP contribution in [0.2, 0.25) is 0 Å². The molecule has 1 aromatic carbocycles. The maximum atomic E-state index is 12.2. The highest BCUT2D eigenvalue weighted by atomic mass is 16.5. The molecule has 2 rings (SSSR count). The maximum absolute atomic E-state index is 12.2. The van der Waals surface area contributed by atoms with E-state index in [1.807, 2.05) is 30.3 Å². The van der Waals surface area contributed by atoms with Gasteiger partial charge in [-0.1, -0.05) is 57.0 Å². The summed E-state index contributed by atoms with van der Waals surface area (Å²) in [5.74, 6) is -0.146. The summed E-state index contributed by atoms with van der Waals surface area (Å²) in [6, 6.07) is 8.87. The lowest BCUT2D eigenvalue weighted by Crippen LogP contribution is -2.51. The van der Waals surface area contributed by atoms with Crippen molar-refractivity contribution in [1.82, 2.24) is 10.6 Å². The summed E-state index contributed by atoms with van der Waals surface area (Å²) in [5, 5.41) is 15.9. The van der Waals surface area contributed by atoms with Crippen molar-refractivity contribution < 1.29 is 19.4 Å². The normalized spacial score (nSPS) is 17.0. The highest BCUT2D eigenvalue weighted by Crippen LogP contribution is 2.20. The number of alkyl carbamates (subject to hydrolysis) is 1. The first kappa shape index (κ1) is 20.2. The molecule has 144 valence electrons. The minimum absolute atomic E-state index is 0.147. The van der Waals surface area contributed by atoms with Gasteiger partial charge in [0.05, 0.1) is 6.04 Å². The van der Waals surface area contributed by atoms with Gasteiger partial charge in [0.2, 0.25) is 0 Å². The lowest BCUT2D eigenvalue weighted by atomic mass is 9.94. The molecule has 26 heavy (non-hydrogen) atoms. The van der Waals surface area contributed by atoms with Gasteiger partial charge in [0.25, 0.3) is 5.91 Å². The van der Waals surface area contributed by atoms with E-state index in [0.29, 0.717) is 6.42 Å². The zero-order valence-electron chi connectivity index (χ0n) is 15.6. The third-order valence-corrected chi connectivity index (χ3v) is 4.53. The third-order valence-electron chi connectivity index (χ3n) is 4.53. The molecule has 0 aliphatic heterocycles. The number of benzene rings is 1. The van der Waals surface area contributed by atoms with Crippen LogP contribution >= 0.6 is 0 Å². The van der Waals surface area contributed by atoms with E-state index in [-0.39, 0.29) is 18.6 Å². The highest BCUT2D eigenvalue weighted by molar-refractivity contribution is 5.82. The van der Waals surface area contributed by atoms with Gasteiger partial charge in [0.15, 0.2) is 6.10 Å². The van der Waals surface area contributed by atoms with Crippen LogP contribution in [0, 0.1) is 5.92 Å². The van der Waals surface area contributed by atoms with E-state index in [0.717, 1.165) is 31.2 Å². The second-order valence-corrected chi connectivity index (χ2v) is 7.17. The van der Waals surface area contributed by atoms with Crippen LogP contribution < -0.4 is 10.6 Å². The Morgan fingerprint density at radius 1 is 1.27 bits per heavy atom. The first-order valence-corrected chi connectivity index (χ1v) is 9.45. The molecule has 1 fully saturated rings. The van der Waals surface area contributed by atoms with Crippen LogP contribution in [-0.4, -0.2) is 35.3 Å². The molecule has 2 amide bonds. The number of hydrogen-bond donors (Lipinski definition) is 3. The minimum atomic E-state index is -1.28. The largest absolute Gasteiger partial charge is 0.445 e. The number of rotatable bonds is 10. The van der Waals surface area contributed by atoms with Crippen LogP contribution in [0.5, 0.6) is 0 Å². The first-order chi connectivity index (χ1) is 12.5. The van der Waals surface area contributed by atoms with Crippen LogP contribution in [0.15, 0.2) is 30.3 Å². The average Bonchev–Trinajstić information content (AvgIpc) is 3.44. The maximum Gasteiger partial charge on any atom is 0.407 e. The SMILES string of the molecule is CCCC(C)CC(NC(=O)OCc1ccccc1)C(O)C(=O)NC1CC1. The van der Waals surface area contributed by atoms with Crippen molar-refractivity contribution in [2.24, 2.45) is 5.92 Å². The molecule has 3 atom stereocenters. The van der Waals surface area contributed by atoms with E-state index in [4.69, 9.17) is 4.74 Å². The fourth-order valence-electron chi connectivity index (χ4n) is 2.92. The van der Waals surface area contributed by atoms with Crippen molar-refractivity contribution in [2.75, 3.05) is 0 Å². The fraction of sp³-hybridized carbons (Fsp3) is 0.600. The van der Waals surface area contributed by atoms with E-state index in [2.05, 4.69) is 24.5 Å². The first-order valence-electron chi connectivity index (χ1n) is 9.45. The van der Waals surface area contributed by atoms with Gasteiger partial charge in [-0.2, -0.15) is 0 Å². The number of aliphatic hydroxyl groups is 1. The number of carbonyl (C=O) groups excluding carboxylic acids is 2. The molecule has 0 radical (unpaired) electrons.